The van der Waals surface area contributed by atoms with Crippen LogP contribution in [0.5, 0.6) is 0 Å². The van der Waals surface area contributed by atoms with Gasteiger partial charge in [-0.3, -0.25) is 5.10 Å². The Bertz CT molecular complexity index is 356. The molecular formula is C11H14N2. The molecule has 2 nitrogen and oxygen atoms in total. The summed E-state index contributed by atoms with van der Waals surface area (Å²) in [5.41, 5.74) is 4.11. The quantitative estimate of drug-likeness (QED) is 0.701. The Hall–Kier alpha value is -1.57. The van der Waals surface area contributed by atoms with Gasteiger partial charge in [0.1, 0.15) is 0 Å². The number of rotatable bonds is 3. The zero-order valence-electron chi connectivity index (χ0n) is 8.09. The van der Waals surface area contributed by atoms with Crippen LogP contribution in [0.1, 0.15) is 23.9 Å². The Morgan fingerprint density at radius 1 is 1.46 bits per heavy atom. The summed E-state index contributed by atoms with van der Waals surface area (Å²) in [4.78, 5) is 0. The summed E-state index contributed by atoms with van der Waals surface area (Å²) in [6.07, 6.45) is 5.59. The van der Waals surface area contributed by atoms with Gasteiger partial charge in [0.05, 0.1) is 5.69 Å². The van der Waals surface area contributed by atoms with Gasteiger partial charge in [-0.05, 0) is 25.5 Å². The van der Waals surface area contributed by atoms with Crippen molar-refractivity contribution < 1.29 is 0 Å². The van der Waals surface area contributed by atoms with Gasteiger partial charge >= 0.3 is 0 Å². The smallest absolute Gasteiger partial charge is 0.0926 e. The van der Waals surface area contributed by atoms with Crippen LogP contribution in [0, 0.1) is 6.92 Å². The summed E-state index contributed by atoms with van der Waals surface area (Å²) in [7, 11) is 0. The van der Waals surface area contributed by atoms with Crippen molar-refractivity contribution in [2.75, 3.05) is 0 Å². The van der Waals surface area contributed by atoms with E-state index in [1.165, 1.54) is 0 Å². The third-order valence-electron chi connectivity index (χ3n) is 1.91. The number of allylic oxidation sites excluding steroid dienone is 2. The molecule has 2 heteroatoms. The van der Waals surface area contributed by atoms with Gasteiger partial charge in [-0.25, -0.2) is 0 Å². The number of H-pyrrole nitrogens is 1. The molecule has 13 heavy (non-hydrogen) atoms. The summed E-state index contributed by atoms with van der Waals surface area (Å²) in [5, 5.41) is 7.07. The lowest BCUT2D eigenvalue weighted by Gasteiger charge is -1.92. The minimum Gasteiger partial charge on any atom is -0.282 e. The van der Waals surface area contributed by atoms with Gasteiger partial charge in [0.15, 0.2) is 0 Å². The second-order valence-corrected chi connectivity index (χ2v) is 2.94. The number of hydrogen-bond acceptors (Lipinski definition) is 1. The van der Waals surface area contributed by atoms with Gasteiger partial charge in [-0.2, -0.15) is 5.10 Å². The van der Waals surface area contributed by atoms with E-state index in [1.807, 2.05) is 19.9 Å². The van der Waals surface area contributed by atoms with Gasteiger partial charge in [-0.15, -0.1) is 0 Å². The van der Waals surface area contributed by atoms with E-state index in [1.54, 1.807) is 12.2 Å². The molecule has 0 bridgehead atoms. The SMILES string of the molecule is C=C/C(C)=C\c1n[nH]c(C)c1C=C. The molecule has 1 heterocycles. The molecule has 0 aliphatic rings. The maximum Gasteiger partial charge on any atom is 0.0926 e. The van der Waals surface area contributed by atoms with E-state index in [-0.39, 0.29) is 0 Å². The summed E-state index contributed by atoms with van der Waals surface area (Å²) in [6.45, 7) is 11.4. The van der Waals surface area contributed by atoms with Crippen LogP contribution in [0.2, 0.25) is 0 Å². The van der Waals surface area contributed by atoms with E-state index in [2.05, 4.69) is 23.4 Å². The van der Waals surface area contributed by atoms with Gasteiger partial charge < -0.3 is 0 Å². The number of aryl methyl sites for hydroxylation is 1. The third kappa shape index (κ3) is 1.96. The van der Waals surface area contributed by atoms with Gasteiger partial charge in [-0.1, -0.05) is 25.3 Å². The van der Waals surface area contributed by atoms with Gasteiger partial charge in [0.2, 0.25) is 0 Å². The average Bonchev–Trinajstić information content (AvgIpc) is 2.46. The zero-order valence-corrected chi connectivity index (χ0v) is 8.09. The van der Waals surface area contributed by atoms with Crippen LogP contribution in [-0.2, 0) is 0 Å². The van der Waals surface area contributed by atoms with E-state index in [4.69, 9.17) is 0 Å². The molecule has 0 atom stereocenters. The lowest BCUT2D eigenvalue weighted by Crippen LogP contribution is -1.78. The zero-order chi connectivity index (χ0) is 9.84. The maximum absolute atomic E-state index is 4.15. The highest BCUT2D eigenvalue weighted by atomic mass is 15.1. The molecule has 0 radical (unpaired) electrons. The fraction of sp³-hybridized carbons (Fsp3) is 0.182. The number of hydrogen-bond donors (Lipinski definition) is 1. The van der Waals surface area contributed by atoms with Crippen molar-refractivity contribution in [3.63, 3.8) is 0 Å². The lowest BCUT2D eigenvalue weighted by atomic mass is 10.1. The van der Waals surface area contributed by atoms with Crippen molar-refractivity contribution in [2.45, 2.75) is 13.8 Å². The van der Waals surface area contributed by atoms with Crippen LogP contribution < -0.4 is 0 Å². The number of nitrogens with zero attached hydrogens (tertiary/aromatic N) is 1. The van der Waals surface area contributed by atoms with Gasteiger partial charge in [0.25, 0.3) is 0 Å². The Morgan fingerprint density at radius 3 is 2.69 bits per heavy atom. The average molecular weight is 174 g/mol. The van der Waals surface area contributed by atoms with E-state index in [0.717, 1.165) is 22.5 Å². The lowest BCUT2D eigenvalue weighted by molar-refractivity contribution is 1.04. The molecule has 0 fully saturated rings. The topological polar surface area (TPSA) is 28.7 Å². The van der Waals surface area contributed by atoms with Crippen LogP contribution in [0.15, 0.2) is 24.8 Å². The first-order valence-corrected chi connectivity index (χ1v) is 4.17. The van der Waals surface area contributed by atoms with Crippen molar-refractivity contribution in [2.24, 2.45) is 0 Å². The predicted molar refractivity (Wildman–Crippen MR) is 57.3 cm³/mol. The van der Waals surface area contributed by atoms with Crippen molar-refractivity contribution in [1.29, 1.82) is 0 Å². The Labute approximate surface area is 78.7 Å². The standard InChI is InChI=1S/C11H14N2/c1-5-8(3)7-11-10(6-2)9(4)12-13-11/h5-7H,1-2H2,3-4H3,(H,12,13)/b8-7-. The third-order valence-corrected chi connectivity index (χ3v) is 1.91. The Kier molecular flexibility index (Phi) is 2.85. The normalized spacial score (nSPS) is 11.4. The molecule has 0 spiro atoms. The first-order valence-electron chi connectivity index (χ1n) is 4.17. The summed E-state index contributed by atoms with van der Waals surface area (Å²) < 4.78 is 0. The first-order chi connectivity index (χ1) is 6.19. The molecule has 1 aromatic heterocycles. The summed E-state index contributed by atoms with van der Waals surface area (Å²) in [5.74, 6) is 0. The highest BCUT2D eigenvalue weighted by molar-refractivity contribution is 5.65. The molecule has 0 unspecified atom stereocenters. The molecule has 68 valence electrons. The van der Waals surface area contributed by atoms with Crippen molar-refractivity contribution >= 4 is 12.2 Å². The van der Waals surface area contributed by atoms with Crippen molar-refractivity contribution in [1.82, 2.24) is 10.2 Å². The van der Waals surface area contributed by atoms with E-state index in [9.17, 15) is 0 Å². The maximum atomic E-state index is 4.15. The van der Waals surface area contributed by atoms with Crippen LogP contribution in [-0.4, -0.2) is 10.2 Å². The molecular weight excluding hydrogens is 160 g/mol. The fourth-order valence-corrected chi connectivity index (χ4v) is 1.10. The minimum absolute atomic E-state index is 0.921. The minimum atomic E-state index is 0.921. The number of aromatic amines is 1. The molecule has 0 saturated carbocycles. The van der Waals surface area contributed by atoms with Crippen LogP contribution in [0.3, 0.4) is 0 Å². The van der Waals surface area contributed by atoms with E-state index in [0.29, 0.717) is 0 Å². The molecule has 0 aliphatic carbocycles. The molecule has 0 aromatic carbocycles. The highest BCUT2D eigenvalue weighted by Crippen LogP contribution is 2.15. The molecule has 1 rings (SSSR count). The molecule has 0 saturated heterocycles. The summed E-state index contributed by atoms with van der Waals surface area (Å²) in [6, 6.07) is 0. The number of aromatic nitrogens is 2. The highest BCUT2D eigenvalue weighted by Gasteiger charge is 2.03. The van der Waals surface area contributed by atoms with Crippen LogP contribution in [0.4, 0.5) is 0 Å². The molecule has 1 N–H and O–H groups in total. The van der Waals surface area contributed by atoms with Crippen LogP contribution in [0.25, 0.3) is 12.2 Å². The Morgan fingerprint density at radius 2 is 2.15 bits per heavy atom. The van der Waals surface area contributed by atoms with Crippen LogP contribution >= 0.6 is 0 Å². The summed E-state index contributed by atoms with van der Waals surface area (Å²) >= 11 is 0. The second kappa shape index (κ2) is 3.90. The molecule has 0 amide bonds. The Balaban J connectivity index is 3.15. The molecule has 0 aliphatic heterocycles. The molecule has 1 aromatic rings. The second-order valence-electron chi connectivity index (χ2n) is 2.94. The number of nitrogens with one attached hydrogen (secondary N) is 1. The fourth-order valence-electron chi connectivity index (χ4n) is 1.10. The predicted octanol–water partition coefficient (Wildman–Crippen LogP) is 2.95. The largest absolute Gasteiger partial charge is 0.282 e. The first kappa shape index (κ1) is 9.52. The van der Waals surface area contributed by atoms with Gasteiger partial charge in [0, 0.05) is 11.3 Å². The monoisotopic (exact) mass is 174 g/mol. The van der Waals surface area contributed by atoms with E-state index < -0.39 is 0 Å². The van der Waals surface area contributed by atoms with Crippen molar-refractivity contribution in [3.8, 4) is 0 Å². The van der Waals surface area contributed by atoms with E-state index >= 15 is 0 Å². The van der Waals surface area contributed by atoms with Crippen molar-refractivity contribution in [3.05, 3.63) is 41.8 Å².